The fourth-order valence-corrected chi connectivity index (χ4v) is 2.24. The summed E-state index contributed by atoms with van der Waals surface area (Å²) in [6.07, 6.45) is 0.758. The summed E-state index contributed by atoms with van der Waals surface area (Å²) >= 11 is 0. The first-order chi connectivity index (χ1) is 9.00. The number of hydrogen-bond donors (Lipinski definition) is 1. The van der Waals surface area contributed by atoms with E-state index in [0.29, 0.717) is 6.61 Å². The maximum Gasteiger partial charge on any atom is 0.433 e. The van der Waals surface area contributed by atoms with Gasteiger partial charge in [-0.05, 0) is 13.1 Å². The van der Waals surface area contributed by atoms with Crippen LogP contribution in [0.4, 0.5) is 5.88 Å². The van der Waals surface area contributed by atoms with Crippen LogP contribution in [0.15, 0.2) is 16.5 Å². The van der Waals surface area contributed by atoms with Crippen molar-refractivity contribution in [3.8, 4) is 0 Å². The van der Waals surface area contributed by atoms with Gasteiger partial charge in [-0.3, -0.25) is 14.7 Å². The van der Waals surface area contributed by atoms with Crippen molar-refractivity contribution in [1.29, 1.82) is 0 Å². The van der Waals surface area contributed by atoms with E-state index >= 15 is 0 Å². The van der Waals surface area contributed by atoms with Crippen LogP contribution in [0.1, 0.15) is 5.76 Å². The van der Waals surface area contributed by atoms with E-state index < -0.39 is 12.4 Å². The molecule has 1 aromatic rings. The molecule has 0 saturated heterocycles. The van der Waals surface area contributed by atoms with Crippen molar-refractivity contribution in [2.75, 3.05) is 20.0 Å². The van der Waals surface area contributed by atoms with Crippen LogP contribution in [-0.4, -0.2) is 32.8 Å². The Labute approximate surface area is 111 Å². The molecule has 0 radical (unpaired) electrons. The van der Waals surface area contributed by atoms with Gasteiger partial charge in [0.25, 0.3) is 7.52 Å². The van der Waals surface area contributed by atoms with Crippen LogP contribution in [0.5, 0.6) is 0 Å². The lowest BCUT2D eigenvalue weighted by atomic mass is 10.1. The second-order valence-corrected chi connectivity index (χ2v) is 6.02. The zero-order valence-electron chi connectivity index (χ0n) is 10.8. The SMILES string of the molecule is BCCOCP(=O)(NC)OCc1ccc([N+](=O)[O-])o1. The zero-order valence-corrected chi connectivity index (χ0v) is 11.7. The van der Waals surface area contributed by atoms with Crippen molar-refractivity contribution >= 4 is 21.3 Å². The topological polar surface area (TPSA) is 104 Å². The lowest BCUT2D eigenvalue weighted by molar-refractivity contribution is -0.402. The van der Waals surface area contributed by atoms with Crippen LogP contribution in [0.25, 0.3) is 0 Å². The molecule has 0 fully saturated rings. The lowest BCUT2D eigenvalue weighted by Gasteiger charge is -2.16. The van der Waals surface area contributed by atoms with E-state index in [1.807, 2.05) is 7.85 Å². The van der Waals surface area contributed by atoms with Crippen LogP contribution < -0.4 is 5.09 Å². The summed E-state index contributed by atoms with van der Waals surface area (Å²) in [6.45, 7) is 0.364. The molecule has 0 aliphatic heterocycles. The van der Waals surface area contributed by atoms with E-state index in [0.717, 1.165) is 6.32 Å². The molecule has 10 heteroatoms. The third-order valence-electron chi connectivity index (χ3n) is 2.19. The molecule has 0 aliphatic carbocycles. The van der Waals surface area contributed by atoms with Crippen LogP contribution in [0, 0.1) is 10.1 Å². The van der Waals surface area contributed by atoms with Crippen LogP contribution in [-0.2, 0) is 20.4 Å². The van der Waals surface area contributed by atoms with Gasteiger partial charge in [0.05, 0.1) is 6.07 Å². The minimum atomic E-state index is -3.11. The average Bonchev–Trinajstić information content (AvgIpc) is 2.86. The fourth-order valence-electron chi connectivity index (χ4n) is 1.21. The van der Waals surface area contributed by atoms with E-state index in [-0.39, 0.29) is 24.6 Å². The van der Waals surface area contributed by atoms with E-state index in [1.165, 1.54) is 19.2 Å². The molecule has 0 saturated carbocycles. The zero-order chi connectivity index (χ0) is 14.3. The predicted molar refractivity (Wildman–Crippen MR) is 71.0 cm³/mol. The van der Waals surface area contributed by atoms with Gasteiger partial charge in [0, 0.05) is 6.61 Å². The summed E-state index contributed by atoms with van der Waals surface area (Å²) in [4.78, 5) is 9.78. The van der Waals surface area contributed by atoms with Crippen molar-refractivity contribution in [2.24, 2.45) is 0 Å². The molecule has 0 aliphatic rings. The second-order valence-electron chi connectivity index (χ2n) is 3.70. The van der Waals surface area contributed by atoms with E-state index in [1.54, 1.807) is 0 Å². The molecule has 19 heavy (non-hydrogen) atoms. The largest absolute Gasteiger partial charge is 0.433 e. The first kappa shape index (κ1) is 15.9. The lowest BCUT2D eigenvalue weighted by Crippen LogP contribution is -2.12. The van der Waals surface area contributed by atoms with Gasteiger partial charge in [-0.2, -0.15) is 0 Å². The third kappa shape index (κ3) is 5.16. The highest BCUT2D eigenvalue weighted by Crippen LogP contribution is 2.42. The number of hydrogen-bond acceptors (Lipinski definition) is 6. The van der Waals surface area contributed by atoms with E-state index in [2.05, 4.69) is 5.09 Å². The number of ether oxygens (including phenoxy) is 1. The normalized spacial score (nSPS) is 14.2. The van der Waals surface area contributed by atoms with Gasteiger partial charge >= 0.3 is 5.88 Å². The number of nitro groups is 1. The fraction of sp³-hybridized carbons (Fsp3) is 0.556. The van der Waals surface area contributed by atoms with Gasteiger partial charge in [0.2, 0.25) is 0 Å². The van der Waals surface area contributed by atoms with Gasteiger partial charge in [-0.25, -0.2) is 5.09 Å². The Morgan fingerprint density at radius 2 is 2.32 bits per heavy atom. The van der Waals surface area contributed by atoms with Crippen LogP contribution in [0.3, 0.4) is 0 Å². The van der Waals surface area contributed by atoms with E-state index in [9.17, 15) is 14.7 Å². The minimum absolute atomic E-state index is 0.0554. The summed E-state index contributed by atoms with van der Waals surface area (Å²) in [5.74, 6) is -0.141. The van der Waals surface area contributed by atoms with Gasteiger partial charge in [-0.15, -0.1) is 0 Å². The Bertz CT molecular complexity index is 465. The van der Waals surface area contributed by atoms with Crippen LogP contribution >= 0.6 is 7.52 Å². The van der Waals surface area contributed by atoms with Crippen molar-refractivity contribution in [1.82, 2.24) is 5.09 Å². The molecule has 1 atom stereocenters. The third-order valence-corrected chi connectivity index (χ3v) is 3.94. The van der Waals surface area contributed by atoms with E-state index in [4.69, 9.17) is 13.7 Å². The molecule has 1 rings (SSSR count). The van der Waals surface area contributed by atoms with Crippen molar-refractivity contribution in [3.63, 3.8) is 0 Å². The quantitative estimate of drug-likeness (QED) is 0.239. The molecule has 1 heterocycles. The van der Waals surface area contributed by atoms with Crippen molar-refractivity contribution in [3.05, 3.63) is 28.0 Å². The van der Waals surface area contributed by atoms with Crippen LogP contribution in [0.2, 0.25) is 6.32 Å². The number of furan rings is 1. The molecule has 0 bridgehead atoms. The Morgan fingerprint density at radius 3 is 2.84 bits per heavy atom. The Morgan fingerprint density at radius 1 is 1.58 bits per heavy atom. The number of rotatable bonds is 9. The van der Waals surface area contributed by atoms with Gasteiger partial charge in [0.15, 0.2) is 0 Å². The van der Waals surface area contributed by atoms with Crippen molar-refractivity contribution in [2.45, 2.75) is 12.9 Å². The molecular formula is C9H16BN2O6P. The second kappa shape index (κ2) is 7.45. The summed E-state index contributed by atoms with van der Waals surface area (Å²) in [5, 5.41) is 13.0. The summed E-state index contributed by atoms with van der Waals surface area (Å²) in [5.41, 5.74) is 0. The summed E-state index contributed by atoms with van der Waals surface area (Å²) in [7, 11) is 0.326. The first-order valence-corrected chi connectivity index (χ1v) is 7.55. The maximum atomic E-state index is 12.1. The Balaban J connectivity index is 2.51. The average molecular weight is 290 g/mol. The minimum Gasteiger partial charge on any atom is -0.403 e. The molecule has 1 aromatic heterocycles. The Hall–Kier alpha value is -1.15. The number of nitrogens with one attached hydrogen (secondary N) is 1. The standard InChI is InChI=1S/C9H16BN2O6P/c1-11-19(15,7-16-5-4-10)17-6-8-2-3-9(18-8)12(13)14/h2-3H,4-7,10H2,1H3,(H,11,15). The predicted octanol–water partition coefficient (Wildman–Crippen LogP) is 1.14. The molecule has 106 valence electrons. The van der Waals surface area contributed by atoms with Gasteiger partial charge in [0.1, 0.15) is 31.5 Å². The molecule has 0 spiro atoms. The van der Waals surface area contributed by atoms with Gasteiger partial charge < -0.3 is 13.7 Å². The smallest absolute Gasteiger partial charge is 0.403 e. The molecule has 0 amide bonds. The highest BCUT2D eigenvalue weighted by atomic mass is 31.2. The molecule has 8 nitrogen and oxygen atoms in total. The molecular weight excluding hydrogens is 274 g/mol. The summed E-state index contributed by atoms with van der Waals surface area (Å²) in [6, 6.07) is 2.63. The monoisotopic (exact) mass is 290 g/mol. The van der Waals surface area contributed by atoms with Gasteiger partial charge in [-0.1, -0.05) is 6.32 Å². The first-order valence-electron chi connectivity index (χ1n) is 5.74. The highest BCUT2D eigenvalue weighted by molar-refractivity contribution is 7.56. The Kier molecular flexibility index (Phi) is 6.24. The summed E-state index contributed by atoms with van der Waals surface area (Å²) < 4.78 is 27.4. The number of nitrogens with zero attached hydrogens (tertiary/aromatic N) is 1. The maximum absolute atomic E-state index is 12.1. The highest BCUT2D eigenvalue weighted by Gasteiger charge is 2.22. The molecule has 0 aromatic carbocycles. The van der Waals surface area contributed by atoms with Crippen molar-refractivity contribution < 1.29 is 23.2 Å². The molecule has 1 unspecified atom stereocenters. The molecule has 1 N–H and O–H groups in total.